The number of hydrogen-bond acceptors (Lipinski definition) is 3. The van der Waals surface area contributed by atoms with Gasteiger partial charge in [-0.05, 0) is 0 Å². The molecular weight excluding hydrogens is 972 g/mol. The molecule has 1 heterocycles. The van der Waals surface area contributed by atoms with Gasteiger partial charge in [0.2, 0.25) is 0 Å². The molecule has 0 aliphatic carbocycles. The maximum absolute atomic E-state index is 5.20. The zero-order chi connectivity index (χ0) is 44.9. The molecule has 3 nitrogen and oxygen atoms in total. The van der Waals surface area contributed by atoms with E-state index in [1.54, 1.807) is 0 Å². The van der Waals surface area contributed by atoms with Gasteiger partial charge in [-0.25, -0.2) is 0 Å². The molecule has 10 rings (SSSR count). The SMILES string of the molecule is BrP(Cc1ccc(-c2nc(-c3ccccc3)nc(-c3ccc(CP(Br)(c4ccccc4)(c4ccccc4)c4ccccc4)cc3)n2)cc1)(c1ccccc1)(c1ccccc1)c1ccccc1. The summed E-state index contributed by atoms with van der Waals surface area (Å²) in [6.45, 7) is 0. The van der Waals surface area contributed by atoms with Gasteiger partial charge in [0.05, 0.1) is 0 Å². The monoisotopic (exact) mass is 1020 g/mol. The molecule has 0 aliphatic heterocycles. The second kappa shape index (κ2) is 18.2. The molecule has 0 bridgehead atoms. The van der Waals surface area contributed by atoms with E-state index in [9.17, 15) is 0 Å². The van der Waals surface area contributed by atoms with Crippen molar-refractivity contribution in [1.82, 2.24) is 15.0 Å². The van der Waals surface area contributed by atoms with Crippen molar-refractivity contribution in [1.29, 1.82) is 0 Å². The third-order valence-corrected chi connectivity index (χ3v) is 31.9. The van der Waals surface area contributed by atoms with Gasteiger partial charge in [0.25, 0.3) is 0 Å². The fraction of sp³-hybridized carbons (Fsp3) is 0.0339. The Morgan fingerprint density at radius 3 is 0.667 bits per heavy atom. The van der Waals surface area contributed by atoms with E-state index in [1.165, 1.54) is 43.0 Å². The van der Waals surface area contributed by atoms with E-state index >= 15 is 0 Å². The first-order valence-corrected chi connectivity index (χ1v) is 31.0. The fourth-order valence-electron chi connectivity index (χ4n) is 9.43. The van der Waals surface area contributed by atoms with Gasteiger partial charge >= 0.3 is 407 Å². The number of nitrogens with zero attached hydrogens (tertiary/aromatic N) is 3. The Morgan fingerprint density at radius 2 is 0.439 bits per heavy atom. The molecular formula is C59H47Br2N3P2. The van der Waals surface area contributed by atoms with Gasteiger partial charge in [-0.2, -0.15) is 0 Å². The second-order valence-corrected chi connectivity index (χ2v) is 34.6. The molecule has 1 aromatic heterocycles. The summed E-state index contributed by atoms with van der Waals surface area (Å²) in [7, 11) is 0. The van der Waals surface area contributed by atoms with Crippen LogP contribution in [0.2, 0.25) is 0 Å². The molecule has 10 aromatic rings. The normalized spacial score (nSPS) is 12.9. The number of benzene rings is 9. The topological polar surface area (TPSA) is 38.7 Å². The van der Waals surface area contributed by atoms with Crippen molar-refractivity contribution >= 4 is 73.4 Å². The molecule has 0 saturated carbocycles. The van der Waals surface area contributed by atoms with Crippen LogP contribution in [0.3, 0.4) is 0 Å². The molecule has 9 aromatic carbocycles. The summed E-state index contributed by atoms with van der Waals surface area (Å²) in [6.07, 6.45) is 1.57. The van der Waals surface area contributed by atoms with Crippen molar-refractivity contribution in [3.63, 3.8) is 0 Å². The van der Waals surface area contributed by atoms with Crippen LogP contribution < -0.4 is 31.8 Å². The molecule has 0 spiro atoms. The van der Waals surface area contributed by atoms with Crippen LogP contribution in [0.4, 0.5) is 0 Å². The van der Waals surface area contributed by atoms with Gasteiger partial charge < -0.3 is 0 Å². The predicted octanol–water partition coefficient (Wildman–Crippen LogP) is 13.6. The quantitative estimate of drug-likeness (QED) is 0.108. The van der Waals surface area contributed by atoms with E-state index in [4.69, 9.17) is 15.0 Å². The molecule has 66 heavy (non-hydrogen) atoms. The molecule has 0 N–H and O–H groups in total. The van der Waals surface area contributed by atoms with Crippen LogP contribution in [0, 0.1) is 0 Å². The van der Waals surface area contributed by atoms with Crippen molar-refractivity contribution in [2.24, 2.45) is 0 Å². The Kier molecular flexibility index (Phi) is 12.1. The van der Waals surface area contributed by atoms with E-state index < -0.39 is 10.6 Å². The van der Waals surface area contributed by atoms with Gasteiger partial charge in [-0.3, -0.25) is 0 Å². The fourth-order valence-corrected chi connectivity index (χ4v) is 24.9. The van der Waals surface area contributed by atoms with E-state index in [1.807, 2.05) is 18.2 Å². The Labute approximate surface area is 404 Å². The maximum atomic E-state index is 5.20. The Hall–Kier alpha value is -6.19. The van der Waals surface area contributed by atoms with Gasteiger partial charge in [-0.1, -0.05) is 0 Å². The van der Waals surface area contributed by atoms with Crippen LogP contribution >= 0.6 is 41.6 Å². The summed E-state index contributed by atoms with van der Waals surface area (Å²) in [6, 6.07) is 93.5. The summed E-state index contributed by atoms with van der Waals surface area (Å²) in [5.41, 5.74) is 5.21. The summed E-state index contributed by atoms with van der Waals surface area (Å²) >= 11 is 9.29. The third kappa shape index (κ3) is 7.89. The van der Waals surface area contributed by atoms with Crippen molar-refractivity contribution in [2.45, 2.75) is 12.3 Å². The van der Waals surface area contributed by atoms with E-state index in [-0.39, 0.29) is 0 Å². The molecule has 0 aliphatic rings. The third-order valence-electron chi connectivity index (χ3n) is 12.8. The zero-order valence-electron chi connectivity index (χ0n) is 36.2. The predicted molar refractivity (Wildman–Crippen MR) is 292 cm³/mol. The van der Waals surface area contributed by atoms with E-state index in [0.717, 1.165) is 29.0 Å². The van der Waals surface area contributed by atoms with Crippen LogP contribution in [0.5, 0.6) is 0 Å². The summed E-state index contributed by atoms with van der Waals surface area (Å²) in [4.78, 5) is 15.4. The van der Waals surface area contributed by atoms with Gasteiger partial charge in [0.15, 0.2) is 0 Å². The minimum absolute atomic E-state index is 0.627. The molecule has 0 unspecified atom stereocenters. The summed E-state index contributed by atoms with van der Waals surface area (Å²) in [5, 5.41) is 1.28. The summed E-state index contributed by atoms with van der Waals surface area (Å²) in [5.74, 6) is 1.89. The zero-order valence-corrected chi connectivity index (χ0v) is 41.2. The van der Waals surface area contributed by atoms with Crippen LogP contribution in [0.25, 0.3) is 34.2 Å². The molecule has 7 heteroatoms. The molecule has 0 radical (unpaired) electrons. The number of rotatable bonds is 13. The first-order valence-electron chi connectivity index (χ1n) is 22.1. The minimum atomic E-state index is -3.21. The van der Waals surface area contributed by atoms with Crippen molar-refractivity contribution in [2.75, 3.05) is 0 Å². The second-order valence-electron chi connectivity index (χ2n) is 16.8. The standard InChI is InChI=1S/C59H47Br2N3P2/c60-65(51-24-10-2-11-25-51,52-26-12-3-13-27-52,53-28-14-4-15-29-53)44-46-36-40-49(41-37-46)58-62-57(48-22-8-1-9-23-48)63-59(64-58)50-42-38-47(39-43-50)45-66(61,54-30-16-5-17-31-54,55-32-18-6-19-33-55)56-34-20-7-21-35-56/h1-43H,44-45H2. The van der Waals surface area contributed by atoms with Crippen molar-refractivity contribution < 1.29 is 0 Å². The number of aromatic nitrogens is 3. The van der Waals surface area contributed by atoms with Crippen molar-refractivity contribution in [3.8, 4) is 34.2 Å². The average Bonchev–Trinajstić information content (AvgIpc) is 3.41. The first kappa shape index (κ1) is 43.7. The molecule has 0 amide bonds. The van der Waals surface area contributed by atoms with Gasteiger partial charge in [-0.15, -0.1) is 0 Å². The van der Waals surface area contributed by atoms with Crippen LogP contribution in [-0.4, -0.2) is 15.0 Å². The van der Waals surface area contributed by atoms with E-state index in [2.05, 4.69) is 274 Å². The molecule has 322 valence electrons. The molecule has 0 saturated heterocycles. The van der Waals surface area contributed by atoms with Crippen LogP contribution in [-0.2, 0) is 12.3 Å². The Morgan fingerprint density at radius 1 is 0.242 bits per heavy atom. The number of hydrogen-bond donors (Lipinski definition) is 0. The van der Waals surface area contributed by atoms with Gasteiger partial charge in [0, 0.05) is 0 Å². The number of halogens is 2. The van der Waals surface area contributed by atoms with Crippen LogP contribution in [0.15, 0.2) is 261 Å². The van der Waals surface area contributed by atoms with Crippen LogP contribution in [0.1, 0.15) is 11.1 Å². The molecule has 0 atom stereocenters. The van der Waals surface area contributed by atoms with E-state index in [0.29, 0.717) is 17.5 Å². The molecule has 0 fully saturated rings. The van der Waals surface area contributed by atoms with Gasteiger partial charge in [0.1, 0.15) is 0 Å². The van der Waals surface area contributed by atoms with Crippen molar-refractivity contribution in [3.05, 3.63) is 272 Å². The first-order chi connectivity index (χ1) is 32.3. The average molecular weight is 1020 g/mol. The summed E-state index contributed by atoms with van der Waals surface area (Å²) < 4.78 is 0. The Balaban J connectivity index is 1.04. The Bertz CT molecular complexity index is 2800.